The molecule has 184 valence electrons. The van der Waals surface area contributed by atoms with Gasteiger partial charge in [0, 0.05) is 32.1 Å². The van der Waals surface area contributed by atoms with Crippen LogP contribution in [0.5, 0.6) is 11.5 Å². The SMILES string of the molecule is CCC[N+](C)(CC)C1CCN(C(=O)c2cc(-c3ccc(Oc4ccc(F)cc4)cc3)ccn2)CC1. The van der Waals surface area contributed by atoms with Crippen molar-refractivity contribution in [2.45, 2.75) is 39.2 Å². The maximum atomic E-state index is 13.2. The zero-order chi connectivity index (χ0) is 24.8. The molecule has 1 aliphatic heterocycles. The number of aromatic nitrogens is 1. The Morgan fingerprint density at radius 3 is 2.23 bits per heavy atom. The zero-order valence-electron chi connectivity index (χ0n) is 20.9. The quantitative estimate of drug-likeness (QED) is 0.366. The van der Waals surface area contributed by atoms with Gasteiger partial charge in [-0.05, 0) is 73.0 Å². The van der Waals surface area contributed by atoms with Gasteiger partial charge in [-0.1, -0.05) is 19.1 Å². The molecular weight excluding hydrogens is 441 g/mol. The minimum absolute atomic E-state index is 0.00255. The van der Waals surface area contributed by atoms with Gasteiger partial charge >= 0.3 is 0 Å². The number of quaternary nitrogens is 1. The summed E-state index contributed by atoms with van der Waals surface area (Å²) in [6.07, 6.45) is 4.95. The normalized spacial score (nSPS) is 16.1. The molecule has 4 rings (SSSR count). The number of carbonyl (C=O) groups is 1. The van der Waals surface area contributed by atoms with E-state index < -0.39 is 0 Å². The molecule has 0 radical (unpaired) electrons. The monoisotopic (exact) mass is 476 g/mol. The Hall–Kier alpha value is -3.25. The number of nitrogens with zero attached hydrogens (tertiary/aromatic N) is 3. The van der Waals surface area contributed by atoms with Gasteiger partial charge in [-0.15, -0.1) is 0 Å². The molecule has 1 amide bonds. The van der Waals surface area contributed by atoms with Crippen LogP contribution in [0.4, 0.5) is 4.39 Å². The zero-order valence-corrected chi connectivity index (χ0v) is 20.9. The van der Waals surface area contributed by atoms with Crippen molar-refractivity contribution in [2.24, 2.45) is 0 Å². The molecule has 6 heteroatoms. The smallest absolute Gasteiger partial charge is 0.272 e. The molecule has 2 aromatic carbocycles. The van der Waals surface area contributed by atoms with Gasteiger partial charge in [0.25, 0.3) is 5.91 Å². The Balaban J connectivity index is 1.41. The van der Waals surface area contributed by atoms with Crippen molar-refractivity contribution < 1.29 is 18.4 Å². The summed E-state index contributed by atoms with van der Waals surface area (Å²) in [5, 5.41) is 0. The molecule has 0 bridgehead atoms. The van der Waals surface area contributed by atoms with Gasteiger partial charge in [-0.2, -0.15) is 0 Å². The van der Waals surface area contributed by atoms with E-state index >= 15 is 0 Å². The maximum Gasteiger partial charge on any atom is 0.272 e. The molecule has 3 aromatic rings. The number of hydrogen-bond acceptors (Lipinski definition) is 3. The summed E-state index contributed by atoms with van der Waals surface area (Å²) in [4.78, 5) is 19.6. The largest absolute Gasteiger partial charge is 0.457 e. The molecule has 2 heterocycles. The van der Waals surface area contributed by atoms with Crippen molar-refractivity contribution in [3.63, 3.8) is 0 Å². The van der Waals surface area contributed by atoms with Crippen LogP contribution < -0.4 is 4.74 Å². The van der Waals surface area contributed by atoms with E-state index in [9.17, 15) is 9.18 Å². The maximum absolute atomic E-state index is 13.2. The van der Waals surface area contributed by atoms with E-state index in [0.29, 0.717) is 23.2 Å². The lowest BCUT2D eigenvalue weighted by atomic mass is 9.99. The number of amides is 1. The van der Waals surface area contributed by atoms with Gasteiger partial charge < -0.3 is 14.1 Å². The van der Waals surface area contributed by atoms with Crippen LogP contribution in [0.3, 0.4) is 0 Å². The molecule has 1 aliphatic rings. The highest BCUT2D eigenvalue weighted by atomic mass is 19.1. The molecule has 1 aromatic heterocycles. The van der Waals surface area contributed by atoms with Crippen LogP contribution in [-0.4, -0.2) is 59.5 Å². The van der Waals surface area contributed by atoms with E-state index in [-0.39, 0.29) is 11.7 Å². The van der Waals surface area contributed by atoms with Gasteiger partial charge in [-0.25, -0.2) is 4.39 Å². The predicted molar refractivity (Wildman–Crippen MR) is 137 cm³/mol. The summed E-state index contributed by atoms with van der Waals surface area (Å²) >= 11 is 0. The Morgan fingerprint density at radius 2 is 1.63 bits per heavy atom. The lowest BCUT2D eigenvalue weighted by Gasteiger charge is -2.44. The molecule has 35 heavy (non-hydrogen) atoms. The Bertz CT molecular complexity index is 1130. The summed E-state index contributed by atoms with van der Waals surface area (Å²) in [6.45, 7) is 8.39. The van der Waals surface area contributed by atoms with Crippen LogP contribution in [0.2, 0.25) is 0 Å². The van der Waals surface area contributed by atoms with Crippen LogP contribution in [0.15, 0.2) is 66.9 Å². The molecule has 0 spiro atoms. The molecule has 0 N–H and O–H groups in total. The van der Waals surface area contributed by atoms with E-state index in [0.717, 1.165) is 48.1 Å². The summed E-state index contributed by atoms with van der Waals surface area (Å²) < 4.78 is 20.0. The number of hydrogen-bond donors (Lipinski definition) is 0. The number of ether oxygens (including phenoxy) is 1. The number of carbonyl (C=O) groups excluding carboxylic acids is 1. The second-order valence-electron chi connectivity index (χ2n) is 9.55. The summed E-state index contributed by atoms with van der Waals surface area (Å²) in [7, 11) is 2.35. The van der Waals surface area contributed by atoms with Crippen LogP contribution in [0.1, 0.15) is 43.6 Å². The number of piperidine rings is 1. The standard InChI is InChI=1S/C29H35FN3O2/c1-4-20-33(3,5-2)25-15-18-32(19-16-25)29(34)28-21-23(14-17-31-28)22-6-10-26(11-7-22)35-27-12-8-24(30)9-13-27/h6-14,17,21,25H,4-5,15-16,18-20H2,1-3H3/q+1. The third-order valence-corrected chi connectivity index (χ3v) is 7.31. The van der Waals surface area contributed by atoms with E-state index in [1.165, 1.54) is 25.1 Å². The second kappa shape index (κ2) is 11.0. The number of likely N-dealkylation sites (tertiary alicyclic amines) is 1. The average molecular weight is 477 g/mol. The van der Waals surface area contributed by atoms with Crippen LogP contribution in [-0.2, 0) is 0 Å². The van der Waals surface area contributed by atoms with E-state index in [1.807, 2.05) is 41.3 Å². The molecule has 1 atom stereocenters. The topological polar surface area (TPSA) is 42.4 Å². The predicted octanol–water partition coefficient (Wildman–Crippen LogP) is 6.16. The van der Waals surface area contributed by atoms with E-state index in [1.54, 1.807) is 18.3 Å². The van der Waals surface area contributed by atoms with E-state index in [2.05, 4.69) is 25.9 Å². The molecule has 5 nitrogen and oxygen atoms in total. The Kier molecular flexibility index (Phi) is 7.81. The second-order valence-corrected chi connectivity index (χ2v) is 9.55. The van der Waals surface area contributed by atoms with E-state index in [4.69, 9.17) is 4.74 Å². The number of pyridine rings is 1. The molecule has 1 saturated heterocycles. The summed E-state index contributed by atoms with van der Waals surface area (Å²) in [5.41, 5.74) is 2.39. The lowest BCUT2D eigenvalue weighted by molar-refractivity contribution is -0.933. The van der Waals surface area contributed by atoms with Gasteiger partial charge in [0.2, 0.25) is 0 Å². The van der Waals surface area contributed by atoms with Crippen molar-refractivity contribution in [1.82, 2.24) is 9.88 Å². The fourth-order valence-corrected chi connectivity index (χ4v) is 5.05. The highest BCUT2D eigenvalue weighted by molar-refractivity contribution is 5.93. The lowest BCUT2D eigenvalue weighted by Crippen LogP contribution is -2.57. The first kappa shape index (κ1) is 24.9. The van der Waals surface area contributed by atoms with Crippen LogP contribution in [0.25, 0.3) is 11.1 Å². The molecule has 0 saturated carbocycles. The third-order valence-electron chi connectivity index (χ3n) is 7.31. The average Bonchev–Trinajstić information content (AvgIpc) is 2.90. The number of benzene rings is 2. The van der Waals surface area contributed by atoms with Crippen LogP contribution in [0, 0.1) is 5.82 Å². The van der Waals surface area contributed by atoms with Gasteiger partial charge in [0.1, 0.15) is 23.0 Å². The number of halogens is 1. The molecule has 0 aliphatic carbocycles. The van der Waals surface area contributed by atoms with Gasteiger partial charge in [0.15, 0.2) is 0 Å². The minimum Gasteiger partial charge on any atom is -0.457 e. The third kappa shape index (κ3) is 5.88. The first-order valence-corrected chi connectivity index (χ1v) is 12.5. The first-order valence-electron chi connectivity index (χ1n) is 12.5. The first-order chi connectivity index (χ1) is 16.9. The molecule has 1 unspecified atom stereocenters. The molecular formula is C29H35FN3O2+. The fourth-order valence-electron chi connectivity index (χ4n) is 5.05. The Labute approximate surface area is 207 Å². The summed E-state index contributed by atoms with van der Waals surface area (Å²) in [5.74, 6) is 0.944. The molecule has 1 fully saturated rings. The highest BCUT2D eigenvalue weighted by Crippen LogP contribution is 2.27. The number of rotatable bonds is 8. The fraction of sp³-hybridized carbons (Fsp3) is 0.379. The minimum atomic E-state index is -0.296. The van der Waals surface area contributed by atoms with Crippen molar-refractivity contribution in [1.29, 1.82) is 0 Å². The van der Waals surface area contributed by atoms with Crippen molar-refractivity contribution >= 4 is 5.91 Å². The Morgan fingerprint density at radius 1 is 1.00 bits per heavy atom. The van der Waals surface area contributed by atoms with Crippen molar-refractivity contribution in [3.05, 3.63) is 78.4 Å². The van der Waals surface area contributed by atoms with Gasteiger partial charge in [-0.3, -0.25) is 9.78 Å². The van der Waals surface area contributed by atoms with Crippen molar-refractivity contribution in [3.8, 4) is 22.6 Å². The van der Waals surface area contributed by atoms with Gasteiger partial charge in [0.05, 0.1) is 26.2 Å². The summed E-state index contributed by atoms with van der Waals surface area (Å²) in [6, 6.07) is 18.0. The van der Waals surface area contributed by atoms with Crippen LogP contribution >= 0.6 is 0 Å². The highest BCUT2D eigenvalue weighted by Gasteiger charge is 2.35. The van der Waals surface area contributed by atoms with Crippen molar-refractivity contribution in [2.75, 3.05) is 33.2 Å².